The zero-order chi connectivity index (χ0) is 25.2. The van der Waals surface area contributed by atoms with Gasteiger partial charge in [0.2, 0.25) is 0 Å². The number of anilines is 3. The molecule has 0 saturated heterocycles. The Morgan fingerprint density at radius 2 is 1.71 bits per heavy atom. The van der Waals surface area contributed by atoms with E-state index in [2.05, 4.69) is 30.0 Å². The summed E-state index contributed by atoms with van der Waals surface area (Å²) in [7, 11) is -2.88. The van der Waals surface area contributed by atoms with Crippen LogP contribution in [0.15, 0.2) is 59.9 Å². The number of aryl methyl sites for hydroxylation is 1. The van der Waals surface area contributed by atoms with E-state index < -0.39 is 26.6 Å². The van der Waals surface area contributed by atoms with Crippen molar-refractivity contribution in [2.24, 2.45) is 0 Å². The van der Waals surface area contributed by atoms with Crippen molar-refractivity contribution >= 4 is 27.3 Å². The van der Waals surface area contributed by atoms with E-state index in [0.717, 1.165) is 12.1 Å². The summed E-state index contributed by atoms with van der Waals surface area (Å²) in [5.74, 6) is -1.13. The van der Waals surface area contributed by atoms with Crippen molar-refractivity contribution in [3.63, 3.8) is 0 Å². The second-order valence-electron chi connectivity index (χ2n) is 7.42. The van der Waals surface area contributed by atoms with Crippen LogP contribution in [0, 0.1) is 25.5 Å². The Morgan fingerprint density at radius 1 is 0.943 bits per heavy atom. The van der Waals surface area contributed by atoms with Crippen LogP contribution in [0.25, 0.3) is 11.1 Å². The van der Waals surface area contributed by atoms with E-state index in [0.29, 0.717) is 40.1 Å². The molecule has 0 aliphatic heterocycles. The lowest BCUT2D eigenvalue weighted by molar-refractivity contribution is 0.380. The molecule has 0 fully saturated rings. The smallest absolute Gasteiger partial charge is 0.318 e. The van der Waals surface area contributed by atoms with Crippen LogP contribution in [-0.4, -0.2) is 35.5 Å². The van der Waals surface area contributed by atoms with Gasteiger partial charge in [0.25, 0.3) is 10.0 Å². The normalized spacial score (nSPS) is 11.2. The van der Waals surface area contributed by atoms with Gasteiger partial charge >= 0.3 is 6.01 Å². The van der Waals surface area contributed by atoms with Crippen molar-refractivity contribution in [2.75, 3.05) is 17.1 Å². The zero-order valence-electron chi connectivity index (χ0n) is 18.9. The van der Waals surface area contributed by atoms with Crippen molar-refractivity contribution in [1.29, 1.82) is 0 Å². The molecule has 35 heavy (non-hydrogen) atoms. The summed E-state index contributed by atoms with van der Waals surface area (Å²) in [5.41, 5.74) is 2.46. The topological polar surface area (TPSA) is 119 Å². The van der Waals surface area contributed by atoms with Crippen molar-refractivity contribution in [2.45, 2.75) is 18.7 Å². The van der Waals surface area contributed by atoms with Gasteiger partial charge in [0.1, 0.15) is 28.2 Å². The summed E-state index contributed by atoms with van der Waals surface area (Å²) in [6.45, 7) is 3.34. The molecule has 3 heterocycles. The van der Waals surface area contributed by atoms with Crippen LogP contribution in [0.5, 0.6) is 6.01 Å². The molecule has 0 amide bonds. The Hall–Kier alpha value is -4.19. The Labute approximate surface area is 200 Å². The molecule has 4 aromatic rings. The van der Waals surface area contributed by atoms with Crippen LogP contribution in [0.3, 0.4) is 0 Å². The van der Waals surface area contributed by atoms with E-state index in [4.69, 9.17) is 4.74 Å². The number of sulfonamides is 1. The minimum Gasteiger partial charge on any atom is -0.467 e. The van der Waals surface area contributed by atoms with E-state index in [9.17, 15) is 17.2 Å². The fourth-order valence-electron chi connectivity index (χ4n) is 3.36. The molecular formula is C23H20F2N6O3S. The van der Waals surface area contributed by atoms with Crippen molar-refractivity contribution in [3.05, 3.63) is 77.9 Å². The molecule has 0 atom stereocenters. The molecule has 0 aliphatic carbocycles. The number of nitrogens with one attached hydrogen (secondary N) is 2. The highest BCUT2D eigenvalue weighted by atomic mass is 32.2. The maximum Gasteiger partial charge on any atom is 0.318 e. The van der Waals surface area contributed by atoms with Gasteiger partial charge in [-0.25, -0.2) is 27.2 Å². The van der Waals surface area contributed by atoms with Crippen LogP contribution in [0.1, 0.15) is 11.3 Å². The second kappa shape index (κ2) is 9.58. The highest BCUT2D eigenvalue weighted by molar-refractivity contribution is 7.92. The number of nitrogens with zero attached hydrogens (tertiary/aromatic N) is 4. The van der Waals surface area contributed by atoms with Gasteiger partial charge in [-0.15, -0.1) is 0 Å². The van der Waals surface area contributed by atoms with Crippen LogP contribution in [-0.2, 0) is 10.0 Å². The lowest BCUT2D eigenvalue weighted by atomic mass is 10.0. The van der Waals surface area contributed by atoms with Crippen LogP contribution < -0.4 is 14.8 Å². The molecule has 0 saturated carbocycles. The highest BCUT2D eigenvalue weighted by Gasteiger charge is 2.23. The quantitative estimate of drug-likeness (QED) is 0.385. The molecule has 12 heteroatoms. The SMILES string of the molecule is COc1nccc(Nc2cc(-c3cnc(C)c(NS(=O)(=O)c4ccc(F)cc4F)c3C)ccn2)n1. The molecular weight excluding hydrogens is 478 g/mol. The number of rotatable bonds is 7. The van der Waals surface area contributed by atoms with Gasteiger partial charge in [0, 0.05) is 30.2 Å². The summed E-state index contributed by atoms with van der Waals surface area (Å²) in [6, 6.07) is 7.59. The number of pyridine rings is 2. The minimum atomic E-state index is -4.34. The summed E-state index contributed by atoms with van der Waals surface area (Å²) in [5, 5.41) is 3.06. The molecule has 3 aromatic heterocycles. The van der Waals surface area contributed by atoms with E-state index >= 15 is 0 Å². The van der Waals surface area contributed by atoms with Gasteiger partial charge in [0.05, 0.1) is 18.5 Å². The lowest BCUT2D eigenvalue weighted by Gasteiger charge is -2.16. The molecule has 0 aliphatic rings. The van der Waals surface area contributed by atoms with Gasteiger partial charge in [-0.3, -0.25) is 9.71 Å². The molecule has 0 radical (unpaired) electrons. The lowest BCUT2D eigenvalue weighted by Crippen LogP contribution is -2.17. The number of benzene rings is 1. The van der Waals surface area contributed by atoms with Crippen LogP contribution in [0.4, 0.5) is 26.1 Å². The monoisotopic (exact) mass is 498 g/mol. The first-order valence-corrected chi connectivity index (χ1v) is 11.7. The summed E-state index contributed by atoms with van der Waals surface area (Å²) < 4.78 is 60.5. The summed E-state index contributed by atoms with van der Waals surface area (Å²) in [6.07, 6.45) is 4.72. The third-order valence-electron chi connectivity index (χ3n) is 5.09. The number of ether oxygens (including phenoxy) is 1. The third kappa shape index (κ3) is 5.17. The summed E-state index contributed by atoms with van der Waals surface area (Å²) >= 11 is 0. The maximum absolute atomic E-state index is 14.2. The fraction of sp³-hybridized carbons (Fsp3) is 0.130. The van der Waals surface area contributed by atoms with E-state index in [-0.39, 0.29) is 11.7 Å². The predicted octanol–water partition coefficient (Wildman–Crippen LogP) is 4.38. The van der Waals surface area contributed by atoms with Gasteiger partial charge in [-0.05, 0) is 55.3 Å². The predicted molar refractivity (Wildman–Crippen MR) is 126 cm³/mol. The number of aromatic nitrogens is 4. The maximum atomic E-state index is 14.2. The van der Waals surface area contributed by atoms with Gasteiger partial charge in [-0.1, -0.05) is 0 Å². The third-order valence-corrected chi connectivity index (χ3v) is 6.47. The Morgan fingerprint density at radius 3 is 2.46 bits per heavy atom. The average molecular weight is 499 g/mol. The standard InChI is InChI=1S/C23H20F2N6O3S/c1-13-17(15-6-8-26-21(10-15)29-20-7-9-27-23(30-20)34-3)12-28-14(2)22(13)31-35(32,33)19-5-4-16(24)11-18(19)25/h4-12,31H,1-3H3,(H,26,27,29,30). The largest absolute Gasteiger partial charge is 0.467 e. The number of hydrogen-bond acceptors (Lipinski definition) is 8. The van der Waals surface area contributed by atoms with Gasteiger partial charge in [0.15, 0.2) is 0 Å². The van der Waals surface area contributed by atoms with Crippen LogP contribution >= 0.6 is 0 Å². The molecule has 0 spiro atoms. The molecule has 1 aromatic carbocycles. The number of hydrogen-bond donors (Lipinski definition) is 2. The summed E-state index contributed by atoms with van der Waals surface area (Å²) in [4.78, 5) is 16.1. The van der Waals surface area contributed by atoms with Crippen molar-refractivity contribution in [3.8, 4) is 17.1 Å². The zero-order valence-corrected chi connectivity index (χ0v) is 19.7. The molecule has 4 rings (SSSR count). The first-order chi connectivity index (χ1) is 16.7. The Bertz CT molecular complexity index is 1520. The van der Waals surface area contributed by atoms with Crippen LogP contribution in [0.2, 0.25) is 0 Å². The molecule has 0 unspecified atom stereocenters. The Kier molecular flexibility index (Phi) is 6.56. The molecule has 9 nitrogen and oxygen atoms in total. The van der Waals surface area contributed by atoms with Gasteiger partial charge in [-0.2, -0.15) is 4.98 Å². The number of methoxy groups -OCH3 is 1. The number of halogens is 2. The second-order valence-corrected chi connectivity index (χ2v) is 9.07. The minimum absolute atomic E-state index is 0.193. The fourth-order valence-corrected chi connectivity index (χ4v) is 4.60. The van der Waals surface area contributed by atoms with Gasteiger partial charge < -0.3 is 10.1 Å². The Balaban J connectivity index is 1.68. The van der Waals surface area contributed by atoms with E-state index in [1.807, 2.05) is 0 Å². The van der Waals surface area contributed by atoms with E-state index in [1.165, 1.54) is 13.3 Å². The highest BCUT2D eigenvalue weighted by Crippen LogP contribution is 2.32. The molecule has 0 bridgehead atoms. The van der Waals surface area contributed by atoms with Crippen molar-refractivity contribution < 1.29 is 21.9 Å². The van der Waals surface area contributed by atoms with Crippen molar-refractivity contribution in [1.82, 2.24) is 19.9 Å². The first-order valence-electron chi connectivity index (χ1n) is 10.2. The van der Waals surface area contributed by atoms with E-state index in [1.54, 1.807) is 44.4 Å². The molecule has 180 valence electrons. The first kappa shape index (κ1) is 24.0. The average Bonchev–Trinajstić information content (AvgIpc) is 2.82. The molecule has 2 N–H and O–H groups in total.